The van der Waals surface area contributed by atoms with E-state index in [1.54, 1.807) is 18.1 Å². The summed E-state index contributed by atoms with van der Waals surface area (Å²) < 4.78 is 10.9. The van der Waals surface area contributed by atoms with Gasteiger partial charge in [0.05, 0.1) is 13.2 Å². The first-order valence-electron chi connectivity index (χ1n) is 9.42. The minimum atomic E-state index is -0.115. The van der Waals surface area contributed by atoms with Crippen molar-refractivity contribution in [3.8, 4) is 11.6 Å². The predicted octanol–water partition coefficient (Wildman–Crippen LogP) is 2.93. The Kier molecular flexibility index (Phi) is 6.18. The second-order valence-corrected chi connectivity index (χ2v) is 6.91. The summed E-state index contributed by atoms with van der Waals surface area (Å²) in [6, 6.07) is 9.08. The summed E-state index contributed by atoms with van der Waals surface area (Å²) in [5.41, 5.74) is 0.716. The van der Waals surface area contributed by atoms with Crippen LogP contribution in [0.2, 0.25) is 0 Å². The number of nitrogens with one attached hydrogen (secondary N) is 1. The van der Waals surface area contributed by atoms with Crippen molar-refractivity contribution >= 4 is 17.5 Å². The lowest BCUT2D eigenvalue weighted by atomic mass is 10.3. The molecule has 0 atom stereocenters. The van der Waals surface area contributed by atoms with Crippen molar-refractivity contribution in [1.29, 1.82) is 0 Å². The molecule has 8 nitrogen and oxygen atoms in total. The molecule has 3 rings (SSSR count). The topological polar surface area (TPSA) is 79.8 Å². The zero-order valence-electron chi connectivity index (χ0n) is 16.8. The van der Waals surface area contributed by atoms with Gasteiger partial charge in [0.2, 0.25) is 5.88 Å². The highest BCUT2D eigenvalue weighted by atomic mass is 16.5. The van der Waals surface area contributed by atoms with Gasteiger partial charge in [0.15, 0.2) is 0 Å². The molecule has 0 aliphatic carbocycles. The first kappa shape index (κ1) is 19.7. The maximum Gasteiger partial charge on any atom is 0.321 e. The number of ether oxygens (including phenoxy) is 2. The molecule has 1 aliphatic rings. The number of aromatic nitrogens is 2. The minimum absolute atomic E-state index is 0.0549. The Morgan fingerprint density at radius 3 is 2.57 bits per heavy atom. The highest BCUT2D eigenvalue weighted by molar-refractivity contribution is 5.89. The number of carbonyl (C=O) groups is 1. The van der Waals surface area contributed by atoms with Gasteiger partial charge in [-0.05, 0) is 32.9 Å². The molecule has 1 aromatic heterocycles. The standard InChI is InChI=1S/C20H27N5O3/c1-14(2)28-19-13-18(21-15(3)22-19)24-8-10-25(11-9-24)20(26)23-16-6-5-7-17(12-16)27-4/h5-7,12-14H,8-11H2,1-4H3,(H,23,26). The van der Waals surface area contributed by atoms with Crippen LogP contribution in [0.15, 0.2) is 30.3 Å². The van der Waals surface area contributed by atoms with E-state index in [0.29, 0.717) is 49.3 Å². The van der Waals surface area contributed by atoms with Crippen molar-refractivity contribution in [1.82, 2.24) is 14.9 Å². The first-order chi connectivity index (χ1) is 13.4. The van der Waals surface area contributed by atoms with Crippen LogP contribution in [0.25, 0.3) is 0 Å². The predicted molar refractivity (Wildman–Crippen MR) is 108 cm³/mol. The lowest BCUT2D eigenvalue weighted by molar-refractivity contribution is 0.208. The lowest BCUT2D eigenvalue weighted by Crippen LogP contribution is -2.50. The van der Waals surface area contributed by atoms with Crippen LogP contribution in [-0.2, 0) is 0 Å². The third-order valence-electron chi connectivity index (χ3n) is 4.37. The van der Waals surface area contributed by atoms with E-state index < -0.39 is 0 Å². The molecule has 1 fully saturated rings. The summed E-state index contributed by atoms with van der Waals surface area (Å²) in [6.45, 7) is 8.41. The summed E-state index contributed by atoms with van der Waals surface area (Å²) in [6.07, 6.45) is 0.0549. The largest absolute Gasteiger partial charge is 0.497 e. The molecule has 1 aliphatic heterocycles. The van der Waals surface area contributed by atoms with Crippen molar-refractivity contribution in [3.05, 3.63) is 36.2 Å². The van der Waals surface area contributed by atoms with Crippen LogP contribution in [0.3, 0.4) is 0 Å². The molecule has 0 unspecified atom stereocenters. The zero-order valence-corrected chi connectivity index (χ0v) is 16.8. The number of hydrogen-bond donors (Lipinski definition) is 1. The Balaban J connectivity index is 1.59. The molecule has 2 heterocycles. The van der Waals surface area contributed by atoms with E-state index in [-0.39, 0.29) is 12.1 Å². The van der Waals surface area contributed by atoms with Crippen LogP contribution >= 0.6 is 0 Å². The van der Waals surface area contributed by atoms with Crippen LogP contribution in [-0.4, -0.2) is 60.3 Å². The van der Waals surface area contributed by atoms with Gasteiger partial charge >= 0.3 is 6.03 Å². The Bertz CT molecular complexity index is 819. The number of aryl methyl sites for hydroxylation is 1. The van der Waals surface area contributed by atoms with E-state index in [0.717, 1.165) is 5.82 Å². The van der Waals surface area contributed by atoms with Crippen molar-refractivity contribution in [2.24, 2.45) is 0 Å². The van der Waals surface area contributed by atoms with E-state index in [1.165, 1.54) is 0 Å². The number of piperazine rings is 1. The number of amides is 2. The number of rotatable bonds is 5. The fraction of sp³-hybridized carbons (Fsp3) is 0.450. The van der Waals surface area contributed by atoms with Crippen LogP contribution in [0.1, 0.15) is 19.7 Å². The molecule has 1 N–H and O–H groups in total. The van der Waals surface area contributed by atoms with E-state index in [4.69, 9.17) is 9.47 Å². The second kappa shape index (κ2) is 8.77. The highest BCUT2D eigenvalue weighted by Crippen LogP contribution is 2.21. The fourth-order valence-corrected chi connectivity index (χ4v) is 3.03. The third kappa shape index (κ3) is 5.03. The molecule has 0 spiro atoms. The second-order valence-electron chi connectivity index (χ2n) is 6.91. The summed E-state index contributed by atoms with van der Waals surface area (Å²) >= 11 is 0. The van der Waals surface area contributed by atoms with Gasteiger partial charge in [-0.3, -0.25) is 0 Å². The Labute approximate surface area is 165 Å². The maximum atomic E-state index is 12.5. The SMILES string of the molecule is COc1cccc(NC(=O)N2CCN(c3cc(OC(C)C)nc(C)n3)CC2)c1. The fourth-order valence-electron chi connectivity index (χ4n) is 3.03. The molecule has 1 aromatic carbocycles. The van der Waals surface area contributed by atoms with Gasteiger partial charge in [-0.2, -0.15) is 4.98 Å². The number of nitrogens with zero attached hydrogens (tertiary/aromatic N) is 4. The van der Waals surface area contributed by atoms with Gasteiger partial charge in [-0.25, -0.2) is 9.78 Å². The summed E-state index contributed by atoms with van der Waals surface area (Å²) in [5, 5.41) is 2.92. The molecule has 150 valence electrons. The minimum Gasteiger partial charge on any atom is -0.497 e. The maximum absolute atomic E-state index is 12.5. The van der Waals surface area contributed by atoms with E-state index in [1.807, 2.05) is 45.0 Å². The van der Waals surface area contributed by atoms with E-state index in [9.17, 15) is 4.79 Å². The lowest BCUT2D eigenvalue weighted by Gasteiger charge is -2.35. The van der Waals surface area contributed by atoms with E-state index in [2.05, 4.69) is 20.2 Å². The summed E-state index contributed by atoms with van der Waals surface area (Å²) in [5.74, 6) is 2.79. The average molecular weight is 385 g/mol. The van der Waals surface area contributed by atoms with Crippen molar-refractivity contribution in [2.45, 2.75) is 26.9 Å². The molecule has 2 amide bonds. The number of benzene rings is 1. The van der Waals surface area contributed by atoms with Crippen molar-refractivity contribution in [3.63, 3.8) is 0 Å². The van der Waals surface area contributed by atoms with Crippen molar-refractivity contribution in [2.75, 3.05) is 43.5 Å². The Hall–Kier alpha value is -3.03. The average Bonchev–Trinajstić information content (AvgIpc) is 2.67. The number of hydrogen-bond acceptors (Lipinski definition) is 6. The van der Waals surface area contributed by atoms with Gasteiger partial charge < -0.3 is 24.6 Å². The first-order valence-corrected chi connectivity index (χ1v) is 9.42. The smallest absolute Gasteiger partial charge is 0.321 e. The van der Waals surface area contributed by atoms with Crippen LogP contribution in [0.5, 0.6) is 11.6 Å². The van der Waals surface area contributed by atoms with Crippen LogP contribution < -0.4 is 19.7 Å². The molecule has 0 saturated carbocycles. The number of methoxy groups -OCH3 is 1. The van der Waals surface area contributed by atoms with Gasteiger partial charge in [-0.1, -0.05) is 6.07 Å². The highest BCUT2D eigenvalue weighted by Gasteiger charge is 2.23. The third-order valence-corrected chi connectivity index (χ3v) is 4.37. The van der Waals surface area contributed by atoms with Gasteiger partial charge in [0.1, 0.15) is 17.4 Å². The van der Waals surface area contributed by atoms with Crippen LogP contribution in [0.4, 0.5) is 16.3 Å². The number of anilines is 2. The normalized spacial score (nSPS) is 14.2. The quantitative estimate of drug-likeness (QED) is 0.852. The molecule has 8 heteroatoms. The zero-order chi connectivity index (χ0) is 20.1. The van der Waals surface area contributed by atoms with Crippen LogP contribution in [0, 0.1) is 6.92 Å². The van der Waals surface area contributed by atoms with Gasteiger partial charge in [0.25, 0.3) is 0 Å². The molecule has 2 aromatic rings. The molecular weight excluding hydrogens is 358 g/mol. The monoisotopic (exact) mass is 385 g/mol. The van der Waals surface area contributed by atoms with Crippen molar-refractivity contribution < 1.29 is 14.3 Å². The Morgan fingerprint density at radius 2 is 1.89 bits per heavy atom. The summed E-state index contributed by atoms with van der Waals surface area (Å²) in [4.78, 5) is 25.4. The molecule has 28 heavy (non-hydrogen) atoms. The number of urea groups is 1. The van der Waals surface area contributed by atoms with E-state index >= 15 is 0 Å². The van der Waals surface area contributed by atoms with Gasteiger partial charge in [0, 0.05) is 44.0 Å². The molecular formula is C20H27N5O3. The number of carbonyl (C=O) groups excluding carboxylic acids is 1. The summed E-state index contributed by atoms with van der Waals surface area (Å²) in [7, 11) is 1.60. The Morgan fingerprint density at radius 1 is 1.14 bits per heavy atom. The molecule has 0 radical (unpaired) electrons. The molecule has 0 bridgehead atoms. The molecule has 1 saturated heterocycles. The van der Waals surface area contributed by atoms with Gasteiger partial charge in [-0.15, -0.1) is 0 Å².